The molecular weight excluding hydrogens is 240 g/mol. The summed E-state index contributed by atoms with van der Waals surface area (Å²) in [6.45, 7) is 0. The second-order valence-corrected chi connectivity index (χ2v) is 3.52. The van der Waals surface area contributed by atoms with Crippen LogP contribution in [0.25, 0.3) is 21.9 Å². The van der Waals surface area contributed by atoms with Crippen LogP contribution in [0.1, 0.15) is 10.4 Å². The van der Waals surface area contributed by atoms with E-state index >= 15 is 0 Å². The van der Waals surface area contributed by atoms with E-state index in [1.54, 1.807) is 30.6 Å². The minimum Gasteiger partial charge on any atom is -0.456 e. The Kier molecular flexibility index (Phi) is 2.73. The first-order valence-corrected chi connectivity index (χ1v) is 4.82. The molecule has 0 unspecified atom stereocenters. The summed E-state index contributed by atoms with van der Waals surface area (Å²) in [4.78, 5) is 15.3. The van der Waals surface area contributed by atoms with Gasteiger partial charge in [-0.25, -0.2) is 0 Å². The largest absolute Gasteiger partial charge is 0.456 e. The number of amides is 1. The summed E-state index contributed by atoms with van der Waals surface area (Å²) in [5, 5.41) is 1.55. The molecule has 1 amide bonds. The van der Waals surface area contributed by atoms with Gasteiger partial charge in [-0.15, -0.1) is 12.4 Å². The smallest absolute Gasteiger partial charge is 0.249 e. The van der Waals surface area contributed by atoms with E-state index in [4.69, 9.17) is 10.2 Å². The molecule has 0 atom stereocenters. The van der Waals surface area contributed by atoms with E-state index in [2.05, 4.69) is 4.98 Å². The normalized spacial score (nSPS) is 10.4. The van der Waals surface area contributed by atoms with Crippen LogP contribution in [0.3, 0.4) is 0 Å². The van der Waals surface area contributed by atoms with Gasteiger partial charge in [-0.3, -0.25) is 9.78 Å². The molecule has 5 heteroatoms. The number of carbonyl (C=O) groups excluding carboxylic acids is 1. The summed E-state index contributed by atoms with van der Waals surface area (Å²) in [6, 6.07) is 7.01. The second-order valence-electron chi connectivity index (χ2n) is 3.52. The molecule has 0 saturated carbocycles. The van der Waals surface area contributed by atoms with E-state index < -0.39 is 5.91 Å². The topological polar surface area (TPSA) is 69.1 Å². The van der Waals surface area contributed by atoms with Gasteiger partial charge in [-0.2, -0.15) is 0 Å². The Morgan fingerprint density at radius 2 is 2.06 bits per heavy atom. The van der Waals surface area contributed by atoms with Crippen LogP contribution in [0, 0.1) is 0 Å². The number of benzene rings is 1. The Balaban J connectivity index is 0.00000108. The van der Waals surface area contributed by atoms with Crippen molar-refractivity contribution in [2.24, 2.45) is 5.73 Å². The fourth-order valence-corrected chi connectivity index (χ4v) is 1.88. The second kappa shape index (κ2) is 4.07. The number of hydrogen-bond acceptors (Lipinski definition) is 3. The molecule has 2 heterocycles. The maximum atomic E-state index is 11.3. The summed E-state index contributed by atoms with van der Waals surface area (Å²) in [5.41, 5.74) is 7.15. The average Bonchev–Trinajstić information content (AvgIpc) is 2.66. The van der Waals surface area contributed by atoms with Crippen LogP contribution in [-0.4, -0.2) is 10.9 Å². The van der Waals surface area contributed by atoms with E-state index in [0.29, 0.717) is 16.7 Å². The van der Waals surface area contributed by atoms with Crippen LogP contribution in [-0.2, 0) is 0 Å². The first-order chi connectivity index (χ1) is 7.77. The Bertz CT molecular complexity index is 706. The molecule has 86 valence electrons. The minimum absolute atomic E-state index is 0. The summed E-state index contributed by atoms with van der Waals surface area (Å²) >= 11 is 0. The lowest BCUT2D eigenvalue weighted by Gasteiger charge is -1.96. The van der Waals surface area contributed by atoms with E-state index in [0.717, 1.165) is 10.8 Å². The van der Waals surface area contributed by atoms with Crippen LogP contribution in [0.2, 0.25) is 0 Å². The molecule has 3 aromatic rings. The highest BCUT2D eigenvalue weighted by Crippen LogP contribution is 2.30. The van der Waals surface area contributed by atoms with Gasteiger partial charge in [0.25, 0.3) is 0 Å². The van der Waals surface area contributed by atoms with Crippen molar-refractivity contribution in [2.75, 3.05) is 0 Å². The number of nitrogens with zero attached hydrogens (tertiary/aromatic N) is 1. The fraction of sp³-hybridized carbons (Fsp3) is 0. The molecule has 4 nitrogen and oxygen atoms in total. The number of furan rings is 1. The van der Waals surface area contributed by atoms with E-state index in [1.165, 1.54) is 0 Å². The first-order valence-electron chi connectivity index (χ1n) is 4.82. The number of nitrogens with two attached hydrogens (primary N) is 1. The van der Waals surface area contributed by atoms with Crippen molar-refractivity contribution in [3.05, 3.63) is 42.2 Å². The SMILES string of the molecule is Cl.NC(=O)c1cccc2oc3ccncc3c12. The number of pyridine rings is 1. The van der Waals surface area contributed by atoms with Crippen LogP contribution in [0.5, 0.6) is 0 Å². The highest BCUT2D eigenvalue weighted by Gasteiger charge is 2.13. The van der Waals surface area contributed by atoms with Crippen molar-refractivity contribution in [1.29, 1.82) is 0 Å². The zero-order chi connectivity index (χ0) is 11.1. The molecule has 1 aromatic carbocycles. The van der Waals surface area contributed by atoms with Gasteiger partial charge in [0.1, 0.15) is 11.2 Å². The predicted molar refractivity (Wildman–Crippen MR) is 67.3 cm³/mol. The Hall–Kier alpha value is -2.07. The van der Waals surface area contributed by atoms with Crippen LogP contribution in [0.15, 0.2) is 41.1 Å². The minimum atomic E-state index is -0.461. The lowest BCUT2D eigenvalue weighted by atomic mass is 10.1. The number of hydrogen-bond donors (Lipinski definition) is 1. The zero-order valence-electron chi connectivity index (χ0n) is 8.71. The van der Waals surface area contributed by atoms with Crippen molar-refractivity contribution in [3.63, 3.8) is 0 Å². The van der Waals surface area contributed by atoms with Gasteiger partial charge in [0.15, 0.2) is 0 Å². The van der Waals surface area contributed by atoms with Crippen LogP contribution < -0.4 is 5.73 Å². The number of rotatable bonds is 1. The maximum absolute atomic E-state index is 11.3. The predicted octanol–water partition coefficient (Wildman–Crippen LogP) is 2.50. The third-order valence-electron chi connectivity index (χ3n) is 2.56. The molecule has 0 bridgehead atoms. The molecule has 0 fully saturated rings. The van der Waals surface area contributed by atoms with E-state index in [1.807, 2.05) is 6.07 Å². The summed E-state index contributed by atoms with van der Waals surface area (Å²) in [7, 11) is 0. The molecule has 3 rings (SSSR count). The molecule has 0 aliphatic heterocycles. The lowest BCUT2D eigenvalue weighted by molar-refractivity contribution is 0.100. The van der Waals surface area contributed by atoms with Crippen molar-refractivity contribution < 1.29 is 9.21 Å². The quantitative estimate of drug-likeness (QED) is 0.719. The van der Waals surface area contributed by atoms with Crippen LogP contribution >= 0.6 is 12.4 Å². The van der Waals surface area contributed by atoms with Gasteiger partial charge in [-0.1, -0.05) is 6.07 Å². The number of halogens is 1. The lowest BCUT2D eigenvalue weighted by Crippen LogP contribution is -2.10. The summed E-state index contributed by atoms with van der Waals surface area (Å²) in [6.07, 6.45) is 3.32. The van der Waals surface area contributed by atoms with Crippen molar-refractivity contribution >= 4 is 40.3 Å². The van der Waals surface area contributed by atoms with E-state index in [9.17, 15) is 4.79 Å². The Morgan fingerprint density at radius 3 is 2.82 bits per heavy atom. The van der Waals surface area contributed by atoms with Gasteiger partial charge >= 0.3 is 0 Å². The fourth-order valence-electron chi connectivity index (χ4n) is 1.88. The molecule has 0 radical (unpaired) electrons. The van der Waals surface area contributed by atoms with Gasteiger partial charge in [0.05, 0.1) is 5.56 Å². The number of carbonyl (C=O) groups is 1. The Morgan fingerprint density at radius 1 is 1.24 bits per heavy atom. The van der Waals surface area contributed by atoms with Crippen molar-refractivity contribution in [3.8, 4) is 0 Å². The van der Waals surface area contributed by atoms with Gasteiger partial charge < -0.3 is 10.2 Å². The average molecular weight is 249 g/mol. The molecule has 0 spiro atoms. The van der Waals surface area contributed by atoms with Crippen molar-refractivity contribution in [1.82, 2.24) is 4.98 Å². The summed E-state index contributed by atoms with van der Waals surface area (Å²) < 4.78 is 5.60. The third kappa shape index (κ3) is 1.62. The zero-order valence-corrected chi connectivity index (χ0v) is 9.53. The van der Waals surface area contributed by atoms with Gasteiger partial charge in [0.2, 0.25) is 5.91 Å². The van der Waals surface area contributed by atoms with Crippen LogP contribution in [0.4, 0.5) is 0 Å². The Labute approximate surface area is 103 Å². The molecule has 0 aliphatic rings. The maximum Gasteiger partial charge on any atom is 0.249 e. The first kappa shape index (κ1) is 11.4. The molecule has 0 aliphatic carbocycles. The monoisotopic (exact) mass is 248 g/mol. The highest BCUT2D eigenvalue weighted by atomic mass is 35.5. The van der Waals surface area contributed by atoms with Crippen molar-refractivity contribution in [2.45, 2.75) is 0 Å². The molecule has 0 saturated heterocycles. The number of aromatic nitrogens is 1. The highest BCUT2D eigenvalue weighted by molar-refractivity contribution is 6.15. The molecule has 2 aromatic heterocycles. The summed E-state index contributed by atoms with van der Waals surface area (Å²) in [5.74, 6) is -0.461. The standard InChI is InChI=1S/C12H8N2O2.ClH/c13-12(15)7-2-1-3-10-11(7)8-6-14-5-4-9(8)16-10;/h1-6H,(H2,13,15);1H. The van der Waals surface area contributed by atoms with Gasteiger partial charge in [-0.05, 0) is 18.2 Å². The van der Waals surface area contributed by atoms with Gasteiger partial charge in [0, 0.05) is 23.2 Å². The molecule has 2 N–H and O–H groups in total. The van der Waals surface area contributed by atoms with E-state index in [-0.39, 0.29) is 12.4 Å². The molecule has 17 heavy (non-hydrogen) atoms. The number of primary amides is 1. The molecular formula is C12H9ClN2O2. The number of fused-ring (bicyclic) bond motifs is 3. The third-order valence-corrected chi connectivity index (χ3v) is 2.56.